The van der Waals surface area contributed by atoms with Crippen molar-refractivity contribution in [2.75, 3.05) is 5.32 Å². The largest absolute Gasteiger partial charge is 0.325 e. The number of non-ortho nitro benzene ring substituents is 1. The van der Waals surface area contributed by atoms with Gasteiger partial charge in [-0.15, -0.1) is 0 Å². The van der Waals surface area contributed by atoms with Crippen LogP contribution in [0.25, 0.3) is 10.9 Å². The number of halogens is 1. The minimum atomic E-state index is -0.585. The van der Waals surface area contributed by atoms with Crippen LogP contribution in [0.4, 0.5) is 11.4 Å². The zero-order valence-electron chi connectivity index (χ0n) is 13.6. The standard InChI is InChI=1S/C17H13BrN4O4/c1-10-6-11(2-4-14(10)18)20-16(23)8-21-9-19-15-5-3-12(22(25)26)7-13(15)17(21)24/h2-7,9H,8H2,1H3,(H,20,23). The highest BCUT2D eigenvalue weighted by Crippen LogP contribution is 2.20. The summed E-state index contributed by atoms with van der Waals surface area (Å²) >= 11 is 3.38. The predicted octanol–water partition coefficient (Wildman–Crippen LogP) is 3.01. The first-order valence-corrected chi connectivity index (χ1v) is 8.34. The number of carbonyl (C=O) groups excluding carboxylic acids is 1. The van der Waals surface area contributed by atoms with Crippen LogP contribution in [-0.4, -0.2) is 20.4 Å². The summed E-state index contributed by atoms with van der Waals surface area (Å²) in [5, 5.41) is 13.7. The van der Waals surface area contributed by atoms with Crippen LogP contribution in [0.2, 0.25) is 0 Å². The molecule has 0 saturated carbocycles. The quantitative estimate of drug-likeness (QED) is 0.519. The average molecular weight is 417 g/mol. The first-order valence-electron chi connectivity index (χ1n) is 7.55. The molecule has 0 aliphatic rings. The molecule has 1 aromatic heterocycles. The summed E-state index contributed by atoms with van der Waals surface area (Å²) in [5.41, 5.74) is 1.18. The molecule has 0 radical (unpaired) electrons. The number of aromatic nitrogens is 2. The van der Waals surface area contributed by atoms with E-state index in [-0.39, 0.29) is 17.6 Å². The van der Waals surface area contributed by atoms with Crippen molar-refractivity contribution < 1.29 is 9.72 Å². The van der Waals surface area contributed by atoms with E-state index in [0.29, 0.717) is 11.2 Å². The Morgan fingerprint density at radius 1 is 1.31 bits per heavy atom. The molecule has 0 unspecified atom stereocenters. The summed E-state index contributed by atoms with van der Waals surface area (Å²) in [4.78, 5) is 39.1. The van der Waals surface area contributed by atoms with Gasteiger partial charge in [-0.3, -0.25) is 24.3 Å². The van der Waals surface area contributed by atoms with Crippen molar-refractivity contribution in [1.82, 2.24) is 9.55 Å². The summed E-state index contributed by atoms with van der Waals surface area (Å²) < 4.78 is 2.04. The second-order valence-electron chi connectivity index (χ2n) is 5.65. The van der Waals surface area contributed by atoms with E-state index in [4.69, 9.17) is 0 Å². The molecular weight excluding hydrogens is 404 g/mol. The Morgan fingerprint density at radius 3 is 2.77 bits per heavy atom. The van der Waals surface area contributed by atoms with Crippen LogP contribution in [0.15, 0.2) is 52.0 Å². The fourth-order valence-corrected chi connectivity index (χ4v) is 2.70. The molecule has 0 spiro atoms. The minimum Gasteiger partial charge on any atom is -0.325 e. The third-order valence-corrected chi connectivity index (χ3v) is 4.66. The van der Waals surface area contributed by atoms with Crippen LogP contribution in [0, 0.1) is 17.0 Å². The molecule has 2 aromatic carbocycles. The number of benzene rings is 2. The van der Waals surface area contributed by atoms with E-state index < -0.39 is 16.4 Å². The fourth-order valence-electron chi connectivity index (χ4n) is 2.45. The minimum absolute atomic E-state index is 0.0917. The first kappa shape index (κ1) is 17.7. The number of hydrogen-bond donors (Lipinski definition) is 1. The number of nitrogens with zero attached hydrogens (tertiary/aromatic N) is 3. The second kappa shape index (κ2) is 7.04. The monoisotopic (exact) mass is 416 g/mol. The maximum absolute atomic E-state index is 12.5. The van der Waals surface area contributed by atoms with Crippen molar-refractivity contribution >= 4 is 44.1 Å². The summed E-state index contributed by atoms with van der Waals surface area (Å²) in [7, 11) is 0. The van der Waals surface area contributed by atoms with Gasteiger partial charge in [0.15, 0.2) is 0 Å². The molecule has 0 saturated heterocycles. The number of aryl methyl sites for hydroxylation is 1. The van der Waals surface area contributed by atoms with E-state index in [0.717, 1.165) is 20.7 Å². The topological polar surface area (TPSA) is 107 Å². The van der Waals surface area contributed by atoms with Gasteiger partial charge < -0.3 is 5.32 Å². The first-order chi connectivity index (χ1) is 12.3. The molecule has 1 N–H and O–H groups in total. The molecule has 8 nitrogen and oxygen atoms in total. The summed E-state index contributed by atoms with van der Waals surface area (Å²) in [6.45, 7) is 1.64. The van der Waals surface area contributed by atoms with E-state index in [2.05, 4.69) is 26.2 Å². The summed E-state index contributed by atoms with van der Waals surface area (Å²) in [6, 6.07) is 9.20. The Labute approximate surface area is 155 Å². The lowest BCUT2D eigenvalue weighted by Gasteiger charge is -2.09. The van der Waals surface area contributed by atoms with Gasteiger partial charge in [-0.05, 0) is 36.8 Å². The van der Waals surface area contributed by atoms with E-state index in [1.807, 2.05) is 13.0 Å². The van der Waals surface area contributed by atoms with Gasteiger partial charge in [0.1, 0.15) is 6.54 Å². The number of carbonyl (C=O) groups is 1. The maximum atomic E-state index is 12.5. The highest BCUT2D eigenvalue weighted by molar-refractivity contribution is 9.10. The van der Waals surface area contributed by atoms with Crippen molar-refractivity contribution in [1.29, 1.82) is 0 Å². The Bertz CT molecular complexity index is 1090. The van der Waals surface area contributed by atoms with Gasteiger partial charge in [-0.25, -0.2) is 4.98 Å². The lowest BCUT2D eigenvalue weighted by atomic mass is 10.2. The molecule has 1 heterocycles. The van der Waals surface area contributed by atoms with Gasteiger partial charge >= 0.3 is 0 Å². The molecule has 1 amide bonds. The van der Waals surface area contributed by atoms with Gasteiger partial charge in [0.2, 0.25) is 5.91 Å². The van der Waals surface area contributed by atoms with Gasteiger partial charge in [-0.1, -0.05) is 15.9 Å². The van der Waals surface area contributed by atoms with Crippen molar-refractivity contribution in [3.8, 4) is 0 Å². The van der Waals surface area contributed by atoms with E-state index >= 15 is 0 Å². The molecule has 0 aliphatic heterocycles. The Morgan fingerprint density at radius 2 is 2.08 bits per heavy atom. The number of amides is 1. The average Bonchev–Trinajstić information content (AvgIpc) is 2.60. The van der Waals surface area contributed by atoms with Crippen molar-refractivity contribution in [2.45, 2.75) is 13.5 Å². The normalized spacial score (nSPS) is 10.7. The van der Waals surface area contributed by atoms with Gasteiger partial charge in [0, 0.05) is 22.3 Å². The molecule has 0 bridgehead atoms. The number of nitrogens with one attached hydrogen (secondary N) is 1. The highest BCUT2D eigenvalue weighted by Gasteiger charge is 2.12. The Hall–Kier alpha value is -3.07. The zero-order chi connectivity index (χ0) is 18.8. The molecule has 3 rings (SSSR count). The summed E-state index contributed by atoms with van der Waals surface area (Å²) in [5.74, 6) is -0.402. The number of hydrogen-bond acceptors (Lipinski definition) is 5. The second-order valence-corrected chi connectivity index (χ2v) is 6.50. The van der Waals surface area contributed by atoms with Crippen molar-refractivity contribution in [3.63, 3.8) is 0 Å². The molecule has 3 aromatic rings. The van der Waals surface area contributed by atoms with E-state index in [1.165, 1.54) is 18.5 Å². The molecule has 0 fully saturated rings. The van der Waals surface area contributed by atoms with Crippen molar-refractivity contribution in [2.24, 2.45) is 0 Å². The number of fused-ring (bicyclic) bond motifs is 1. The third-order valence-electron chi connectivity index (χ3n) is 3.77. The van der Waals surface area contributed by atoms with Crippen LogP contribution >= 0.6 is 15.9 Å². The van der Waals surface area contributed by atoms with Gasteiger partial charge in [0.05, 0.1) is 22.2 Å². The lowest BCUT2D eigenvalue weighted by molar-refractivity contribution is -0.384. The van der Waals surface area contributed by atoms with Gasteiger partial charge in [0.25, 0.3) is 11.2 Å². The molecule has 26 heavy (non-hydrogen) atoms. The number of rotatable bonds is 4. The SMILES string of the molecule is Cc1cc(NC(=O)Cn2cnc3ccc([N+](=O)[O-])cc3c2=O)ccc1Br. The molecule has 9 heteroatoms. The zero-order valence-corrected chi connectivity index (χ0v) is 15.2. The van der Waals surface area contributed by atoms with Crippen molar-refractivity contribution in [3.05, 3.63) is 73.2 Å². The lowest BCUT2D eigenvalue weighted by Crippen LogP contribution is -2.28. The Kier molecular flexibility index (Phi) is 4.81. The number of nitro groups is 1. The maximum Gasteiger partial charge on any atom is 0.270 e. The van der Waals surface area contributed by atoms with E-state index in [9.17, 15) is 19.7 Å². The summed E-state index contributed by atoms with van der Waals surface area (Å²) in [6.07, 6.45) is 1.25. The molecule has 0 atom stereocenters. The molecule has 0 aliphatic carbocycles. The van der Waals surface area contributed by atoms with Crippen LogP contribution < -0.4 is 10.9 Å². The number of anilines is 1. The predicted molar refractivity (Wildman–Crippen MR) is 100 cm³/mol. The third kappa shape index (κ3) is 3.62. The fraction of sp³-hybridized carbons (Fsp3) is 0.118. The highest BCUT2D eigenvalue weighted by atomic mass is 79.9. The van der Waals surface area contributed by atoms with Crippen LogP contribution in [0.1, 0.15) is 5.56 Å². The van der Waals surface area contributed by atoms with Gasteiger partial charge in [-0.2, -0.15) is 0 Å². The van der Waals surface area contributed by atoms with Crippen LogP contribution in [0.5, 0.6) is 0 Å². The van der Waals surface area contributed by atoms with E-state index in [1.54, 1.807) is 12.1 Å². The number of nitro benzene ring substituents is 1. The van der Waals surface area contributed by atoms with Crippen LogP contribution in [0.3, 0.4) is 0 Å². The van der Waals surface area contributed by atoms with Crippen LogP contribution in [-0.2, 0) is 11.3 Å². The smallest absolute Gasteiger partial charge is 0.270 e. The molecular formula is C17H13BrN4O4. The molecule has 132 valence electrons. The Balaban J connectivity index is 1.86.